The van der Waals surface area contributed by atoms with Crippen molar-refractivity contribution in [1.82, 2.24) is 14.5 Å². The Kier molecular flexibility index (Phi) is 4.06. The molecule has 1 aromatic carbocycles. The van der Waals surface area contributed by atoms with Crippen molar-refractivity contribution in [3.05, 3.63) is 47.8 Å². The molecule has 0 saturated heterocycles. The van der Waals surface area contributed by atoms with Gasteiger partial charge in [0, 0.05) is 25.9 Å². The van der Waals surface area contributed by atoms with Gasteiger partial charge in [0.05, 0.1) is 30.9 Å². The van der Waals surface area contributed by atoms with Crippen molar-refractivity contribution in [2.75, 3.05) is 19.0 Å². The van der Waals surface area contributed by atoms with Crippen LogP contribution in [0.5, 0.6) is 0 Å². The van der Waals surface area contributed by atoms with Gasteiger partial charge in [-0.25, -0.2) is 14.2 Å². The van der Waals surface area contributed by atoms with Crippen LogP contribution in [0.25, 0.3) is 0 Å². The molecule has 3 rings (SSSR count). The minimum atomic E-state index is -0.378. The molecule has 1 aromatic heterocycles. The van der Waals surface area contributed by atoms with Crippen molar-refractivity contribution in [3.63, 3.8) is 0 Å². The highest BCUT2D eigenvalue weighted by atomic mass is 19.1. The van der Waals surface area contributed by atoms with Gasteiger partial charge in [-0.1, -0.05) is 6.07 Å². The molecule has 0 aliphatic carbocycles. The first-order chi connectivity index (χ1) is 10.7. The van der Waals surface area contributed by atoms with Gasteiger partial charge in [0.2, 0.25) is 0 Å². The highest BCUT2D eigenvalue weighted by molar-refractivity contribution is 5.89. The fourth-order valence-electron chi connectivity index (χ4n) is 2.51. The number of nitrogens with zero attached hydrogens (tertiary/aromatic N) is 3. The lowest BCUT2D eigenvalue weighted by Crippen LogP contribution is -2.40. The van der Waals surface area contributed by atoms with Crippen LogP contribution in [-0.2, 0) is 24.4 Å². The highest BCUT2D eigenvalue weighted by Gasteiger charge is 2.23. The predicted octanol–water partition coefficient (Wildman–Crippen LogP) is 2.22. The van der Waals surface area contributed by atoms with Gasteiger partial charge >= 0.3 is 6.03 Å². The summed E-state index contributed by atoms with van der Waals surface area (Å²) in [7, 11) is 1.61. The Morgan fingerprint density at radius 1 is 1.45 bits per heavy atom. The van der Waals surface area contributed by atoms with Crippen molar-refractivity contribution < 1.29 is 13.9 Å². The Morgan fingerprint density at radius 2 is 2.32 bits per heavy atom. The molecule has 7 heteroatoms. The van der Waals surface area contributed by atoms with Gasteiger partial charge < -0.3 is 19.5 Å². The highest BCUT2D eigenvalue weighted by Crippen LogP contribution is 2.18. The molecule has 1 N–H and O–H groups in total. The van der Waals surface area contributed by atoms with Crippen molar-refractivity contribution in [2.24, 2.45) is 0 Å². The third-order valence-corrected chi connectivity index (χ3v) is 3.63. The zero-order valence-corrected chi connectivity index (χ0v) is 12.3. The summed E-state index contributed by atoms with van der Waals surface area (Å²) in [4.78, 5) is 18.3. The van der Waals surface area contributed by atoms with Crippen molar-refractivity contribution in [1.29, 1.82) is 0 Å². The van der Waals surface area contributed by atoms with E-state index in [0.29, 0.717) is 31.9 Å². The van der Waals surface area contributed by atoms with Crippen LogP contribution in [0, 0.1) is 5.82 Å². The van der Waals surface area contributed by atoms with Gasteiger partial charge in [-0.05, 0) is 18.2 Å². The van der Waals surface area contributed by atoms with Crippen LogP contribution in [0.2, 0.25) is 0 Å². The zero-order chi connectivity index (χ0) is 15.5. The second-order valence-corrected chi connectivity index (χ2v) is 5.13. The molecule has 6 nitrogen and oxygen atoms in total. The first-order valence-corrected chi connectivity index (χ1v) is 7.00. The average Bonchev–Trinajstić information content (AvgIpc) is 2.90. The minimum absolute atomic E-state index is 0.249. The molecule has 1 aliphatic rings. The van der Waals surface area contributed by atoms with E-state index in [0.717, 1.165) is 11.4 Å². The number of methoxy groups -OCH3 is 1. The first kappa shape index (κ1) is 14.5. The monoisotopic (exact) mass is 304 g/mol. The van der Waals surface area contributed by atoms with E-state index in [9.17, 15) is 9.18 Å². The molecule has 1 aliphatic heterocycles. The molecular formula is C15H17FN4O2. The third kappa shape index (κ3) is 2.94. The maximum absolute atomic E-state index is 13.2. The van der Waals surface area contributed by atoms with E-state index in [-0.39, 0.29) is 11.8 Å². The Balaban J connectivity index is 1.71. The SMILES string of the molecule is COCc1ncn2c1CN(C(=O)Nc1cccc(F)c1)CC2. The van der Waals surface area contributed by atoms with E-state index in [1.807, 2.05) is 4.57 Å². The summed E-state index contributed by atoms with van der Waals surface area (Å²) < 4.78 is 20.3. The molecule has 0 fully saturated rings. The number of benzene rings is 1. The lowest BCUT2D eigenvalue weighted by molar-refractivity contribution is 0.175. The Morgan fingerprint density at radius 3 is 3.09 bits per heavy atom. The lowest BCUT2D eigenvalue weighted by Gasteiger charge is -2.28. The Hall–Kier alpha value is -2.41. The number of fused-ring (bicyclic) bond motifs is 1. The lowest BCUT2D eigenvalue weighted by atomic mass is 10.2. The van der Waals surface area contributed by atoms with Crippen LogP contribution < -0.4 is 5.32 Å². The Bertz CT molecular complexity index is 686. The molecule has 22 heavy (non-hydrogen) atoms. The van der Waals surface area contributed by atoms with Crippen molar-refractivity contribution >= 4 is 11.7 Å². The van der Waals surface area contributed by atoms with Gasteiger partial charge in [0.1, 0.15) is 5.82 Å². The molecule has 2 heterocycles. The van der Waals surface area contributed by atoms with Gasteiger partial charge in [-0.3, -0.25) is 0 Å². The van der Waals surface area contributed by atoms with Gasteiger partial charge in [0.15, 0.2) is 0 Å². The number of aromatic nitrogens is 2. The normalized spacial score (nSPS) is 13.8. The average molecular weight is 304 g/mol. The van der Waals surface area contributed by atoms with Crippen molar-refractivity contribution in [2.45, 2.75) is 19.7 Å². The number of rotatable bonds is 3. The third-order valence-electron chi connectivity index (χ3n) is 3.63. The van der Waals surface area contributed by atoms with Crippen LogP contribution in [0.4, 0.5) is 14.9 Å². The molecule has 116 valence electrons. The number of ether oxygens (including phenoxy) is 1. The number of hydrogen-bond donors (Lipinski definition) is 1. The fourth-order valence-corrected chi connectivity index (χ4v) is 2.51. The molecule has 0 spiro atoms. The maximum Gasteiger partial charge on any atom is 0.322 e. The number of urea groups is 1. The summed E-state index contributed by atoms with van der Waals surface area (Å²) >= 11 is 0. The summed E-state index contributed by atoms with van der Waals surface area (Å²) in [5.74, 6) is -0.378. The number of halogens is 1. The van der Waals surface area contributed by atoms with Crippen LogP contribution >= 0.6 is 0 Å². The summed E-state index contributed by atoms with van der Waals surface area (Å²) in [6.45, 7) is 2.14. The largest absolute Gasteiger partial charge is 0.378 e. The van der Waals surface area contributed by atoms with Crippen LogP contribution in [0.15, 0.2) is 30.6 Å². The number of hydrogen-bond acceptors (Lipinski definition) is 3. The van der Waals surface area contributed by atoms with Crippen LogP contribution in [-0.4, -0.2) is 34.1 Å². The topological polar surface area (TPSA) is 59.4 Å². The van der Waals surface area contributed by atoms with Crippen LogP contribution in [0.3, 0.4) is 0 Å². The summed E-state index contributed by atoms with van der Waals surface area (Å²) in [5, 5.41) is 2.71. The van der Waals surface area contributed by atoms with E-state index in [1.165, 1.54) is 12.1 Å². The second-order valence-electron chi connectivity index (χ2n) is 5.13. The van der Waals surface area contributed by atoms with E-state index in [1.54, 1.807) is 30.5 Å². The molecule has 0 bridgehead atoms. The van der Waals surface area contributed by atoms with E-state index >= 15 is 0 Å². The number of imidazole rings is 1. The van der Waals surface area contributed by atoms with Gasteiger partial charge in [-0.15, -0.1) is 0 Å². The Labute approximate surface area is 127 Å². The molecule has 0 radical (unpaired) electrons. The first-order valence-electron chi connectivity index (χ1n) is 7.00. The molecule has 0 unspecified atom stereocenters. The number of anilines is 1. The summed E-state index contributed by atoms with van der Waals surface area (Å²) in [5.41, 5.74) is 2.26. The molecule has 2 aromatic rings. The van der Waals surface area contributed by atoms with E-state index in [2.05, 4.69) is 10.3 Å². The molecule has 0 saturated carbocycles. The smallest absolute Gasteiger partial charge is 0.322 e. The fraction of sp³-hybridized carbons (Fsp3) is 0.333. The van der Waals surface area contributed by atoms with E-state index < -0.39 is 0 Å². The van der Waals surface area contributed by atoms with Crippen LogP contribution in [0.1, 0.15) is 11.4 Å². The molecular weight excluding hydrogens is 287 g/mol. The van der Waals surface area contributed by atoms with Gasteiger partial charge in [0.25, 0.3) is 0 Å². The van der Waals surface area contributed by atoms with Crippen molar-refractivity contribution in [3.8, 4) is 0 Å². The van der Waals surface area contributed by atoms with Gasteiger partial charge in [-0.2, -0.15) is 0 Å². The number of amides is 2. The number of carbonyl (C=O) groups is 1. The second kappa shape index (κ2) is 6.15. The number of nitrogens with one attached hydrogen (secondary N) is 1. The summed E-state index contributed by atoms with van der Waals surface area (Å²) in [6, 6.07) is 5.61. The molecule has 0 atom stereocenters. The summed E-state index contributed by atoms with van der Waals surface area (Å²) in [6.07, 6.45) is 1.77. The minimum Gasteiger partial charge on any atom is -0.378 e. The quantitative estimate of drug-likeness (QED) is 0.946. The van der Waals surface area contributed by atoms with E-state index in [4.69, 9.17) is 4.74 Å². The standard InChI is InChI=1S/C15H17FN4O2/c1-22-9-13-14-8-19(5-6-20(14)10-17-13)15(21)18-12-4-2-3-11(16)7-12/h2-4,7,10H,5-6,8-9H2,1H3,(H,18,21). The number of carbonyl (C=O) groups excluding carboxylic acids is 1. The molecule has 2 amide bonds. The predicted molar refractivity (Wildman–Crippen MR) is 78.8 cm³/mol. The zero-order valence-electron chi connectivity index (χ0n) is 12.3. The maximum atomic E-state index is 13.2.